The lowest BCUT2D eigenvalue weighted by atomic mass is 9.97. The fraction of sp³-hybridized carbons (Fsp3) is 0.0476. The maximum atomic E-state index is 12.6. The Hall–Kier alpha value is -3.35. The molecule has 0 aliphatic carbocycles. The Balaban J connectivity index is 1.70. The first-order chi connectivity index (χ1) is 13.6. The minimum Gasteiger partial charge on any atom is -0.457 e. The number of carbonyl (C=O) groups excluding carboxylic acids is 2. The Kier molecular flexibility index (Phi) is 6.26. The number of anilines is 1. The number of halogens is 1. The fourth-order valence-corrected chi connectivity index (χ4v) is 2.72. The van der Waals surface area contributed by atoms with Gasteiger partial charge in [-0.05, 0) is 54.1 Å². The van der Waals surface area contributed by atoms with E-state index in [2.05, 4.69) is 5.32 Å². The molecule has 0 aliphatic heterocycles. The molecule has 3 aromatic rings. The molecule has 1 atom stereocenters. The molecule has 0 radical (unpaired) electrons. The van der Waals surface area contributed by atoms with Crippen LogP contribution in [0.2, 0.25) is 5.02 Å². The molecular weight excluding hydrogens is 380 g/mol. The fourth-order valence-electron chi connectivity index (χ4n) is 2.59. The van der Waals surface area contributed by atoms with Crippen molar-refractivity contribution in [1.29, 1.82) is 0 Å². The summed E-state index contributed by atoms with van der Waals surface area (Å²) < 4.78 is 5.70. The molecule has 0 aliphatic rings. The molecule has 1 unspecified atom stereocenters. The van der Waals surface area contributed by atoms with Gasteiger partial charge in [-0.1, -0.05) is 41.9 Å². The highest BCUT2D eigenvalue weighted by Gasteiger charge is 2.28. The topological polar surface area (TPSA) is 87.7 Å². The molecule has 3 aromatic carbocycles. The van der Waals surface area contributed by atoms with E-state index in [1.54, 1.807) is 84.3 Å². The molecule has 2 amide bonds. The Bertz CT molecular complexity index is 944. The number of benzene rings is 3. The highest BCUT2D eigenvalue weighted by atomic mass is 35.5. The second-order valence-corrected chi connectivity index (χ2v) is 6.33. The summed E-state index contributed by atoms with van der Waals surface area (Å²) in [5.74, 6) is -1.36. The van der Waals surface area contributed by atoms with E-state index in [4.69, 9.17) is 21.5 Å². The number of hydroxylamine groups is 1. The predicted molar refractivity (Wildman–Crippen MR) is 106 cm³/mol. The van der Waals surface area contributed by atoms with Crippen LogP contribution >= 0.6 is 11.6 Å². The molecule has 0 heterocycles. The van der Waals surface area contributed by atoms with E-state index in [9.17, 15) is 9.59 Å². The van der Waals surface area contributed by atoms with Crippen LogP contribution in [0.1, 0.15) is 11.5 Å². The zero-order valence-corrected chi connectivity index (χ0v) is 15.4. The van der Waals surface area contributed by atoms with E-state index in [1.807, 2.05) is 0 Å². The van der Waals surface area contributed by atoms with Crippen molar-refractivity contribution < 1.29 is 19.5 Å². The number of rotatable bonds is 6. The largest absolute Gasteiger partial charge is 0.457 e. The smallest absolute Gasteiger partial charge is 0.260 e. The summed E-state index contributed by atoms with van der Waals surface area (Å²) in [6.07, 6.45) is 0. The SMILES string of the molecule is O=C(NO)C(C(=O)Nc1ccc(Oc2ccc(Cl)cc2)cc1)c1ccccc1. The second-order valence-electron chi connectivity index (χ2n) is 5.89. The first-order valence-electron chi connectivity index (χ1n) is 8.40. The Morgan fingerprint density at radius 2 is 1.39 bits per heavy atom. The average Bonchev–Trinajstić information content (AvgIpc) is 2.72. The number of hydrogen-bond donors (Lipinski definition) is 3. The summed E-state index contributed by atoms with van der Waals surface area (Å²) >= 11 is 5.85. The number of nitrogens with one attached hydrogen (secondary N) is 2. The molecule has 0 spiro atoms. The third kappa shape index (κ3) is 4.88. The summed E-state index contributed by atoms with van der Waals surface area (Å²) in [4.78, 5) is 24.6. The van der Waals surface area contributed by atoms with Gasteiger partial charge >= 0.3 is 0 Å². The van der Waals surface area contributed by atoms with E-state index in [0.29, 0.717) is 27.8 Å². The summed E-state index contributed by atoms with van der Waals surface area (Å²) in [5.41, 5.74) is 2.49. The Morgan fingerprint density at radius 1 is 0.821 bits per heavy atom. The second kappa shape index (κ2) is 9.03. The van der Waals surface area contributed by atoms with Crippen molar-refractivity contribution in [2.45, 2.75) is 5.92 Å². The van der Waals surface area contributed by atoms with E-state index < -0.39 is 17.7 Å². The number of carbonyl (C=O) groups is 2. The molecule has 0 aromatic heterocycles. The van der Waals surface area contributed by atoms with Gasteiger partial charge in [0.25, 0.3) is 5.91 Å². The van der Waals surface area contributed by atoms with Gasteiger partial charge in [-0.2, -0.15) is 0 Å². The third-order valence-electron chi connectivity index (χ3n) is 3.94. The number of amides is 2. The Labute approximate surface area is 166 Å². The summed E-state index contributed by atoms with van der Waals surface area (Å²) in [7, 11) is 0. The van der Waals surface area contributed by atoms with Gasteiger partial charge < -0.3 is 10.1 Å². The molecule has 142 valence electrons. The first kappa shape index (κ1) is 19.4. The van der Waals surface area contributed by atoms with Crippen molar-refractivity contribution in [3.63, 3.8) is 0 Å². The van der Waals surface area contributed by atoms with Crippen molar-refractivity contribution in [2.24, 2.45) is 0 Å². The molecule has 0 saturated heterocycles. The lowest BCUT2D eigenvalue weighted by Crippen LogP contribution is -2.35. The van der Waals surface area contributed by atoms with Crippen LogP contribution in [0.5, 0.6) is 11.5 Å². The van der Waals surface area contributed by atoms with Crippen LogP contribution in [-0.4, -0.2) is 17.0 Å². The lowest BCUT2D eigenvalue weighted by Gasteiger charge is -2.15. The quantitative estimate of drug-likeness (QED) is 0.328. The standard InChI is InChI=1S/C21H17ClN2O4/c22-15-6-10-17(11-7-15)28-18-12-8-16(9-13-18)23-20(25)19(21(26)24-27)14-4-2-1-3-5-14/h1-13,19,27H,(H,23,25)(H,24,26). The summed E-state index contributed by atoms with van der Waals surface area (Å²) in [5, 5.41) is 12.3. The maximum absolute atomic E-state index is 12.6. The predicted octanol–water partition coefficient (Wildman–Crippen LogP) is 4.36. The van der Waals surface area contributed by atoms with Crippen LogP contribution in [0.4, 0.5) is 5.69 Å². The average molecular weight is 397 g/mol. The van der Waals surface area contributed by atoms with Gasteiger partial charge in [-0.25, -0.2) is 5.48 Å². The van der Waals surface area contributed by atoms with Crippen LogP contribution < -0.4 is 15.5 Å². The molecule has 28 heavy (non-hydrogen) atoms. The van der Waals surface area contributed by atoms with E-state index in [1.165, 1.54) is 0 Å². The van der Waals surface area contributed by atoms with Gasteiger partial charge in [0.15, 0.2) is 0 Å². The zero-order valence-electron chi connectivity index (χ0n) is 14.6. The molecule has 6 nitrogen and oxygen atoms in total. The highest BCUT2D eigenvalue weighted by Crippen LogP contribution is 2.25. The summed E-state index contributed by atoms with van der Waals surface area (Å²) in [6.45, 7) is 0. The van der Waals surface area contributed by atoms with Crippen molar-refractivity contribution in [1.82, 2.24) is 5.48 Å². The maximum Gasteiger partial charge on any atom is 0.260 e. The zero-order chi connectivity index (χ0) is 19.9. The van der Waals surface area contributed by atoms with Gasteiger partial charge in [0.2, 0.25) is 5.91 Å². The van der Waals surface area contributed by atoms with Gasteiger partial charge in [0.1, 0.15) is 17.4 Å². The number of hydrogen-bond acceptors (Lipinski definition) is 4. The highest BCUT2D eigenvalue weighted by molar-refractivity contribution is 6.30. The molecular formula is C21H17ClN2O4. The van der Waals surface area contributed by atoms with Gasteiger partial charge in [-0.15, -0.1) is 0 Å². The monoisotopic (exact) mass is 396 g/mol. The molecule has 0 saturated carbocycles. The summed E-state index contributed by atoms with van der Waals surface area (Å²) in [6, 6.07) is 22.1. The minimum absolute atomic E-state index is 0.467. The van der Waals surface area contributed by atoms with Crippen molar-refractivity contribution in [3.05, 3.63) is 89.4 Å². The van der Waals surface area contributed by atoms with Crippen molar-refractivity contribution in [2.75, 3.05) is 5.32 Å². The minimum atomic E-state index is -1.18. The van der Waals surface area contributed by atoms with Gasteiger partial charge in [0, 0.05) is 10.7 Å². The van der Waals surface area contributed by atoms with E-state index in [0.717, 1.165) is 0 Å². The van der Waals surface area contributed by atoms with Crippen molar-refractivity contribution >= 4 is 29.1 Å². The molecule has 0 bridgehead atoms. The van der Waals surface area contributed by atoms with E-state index >= 15 is 0 Å². The van der Waals surface area contributed by atoms with Crippen LogP contribution in [0.15, 0.2) is 78.9 Å². The Morgan fingerprint density at radius 3 is 1.96 bits per heavy atom. The van der Waals surface area contributed by atoms with Crippen molar-refractivity contribution in [3.8, 4) is 11.5 Å². The first-order valence-corrected chi connectivity index (χ1v) is 8.78. The lowest BCUT2D eigenvalue weighted by molar-refractivity contribution is -0.135. The van der Waals surface area contributed by atoms with Crippen LogP contribution in [0, 0.1) is 0 Å². The third-order valence-corrected chi connectivity index (χ3v) is 4.19. The molecule has 0 fully saturated rings. The normalized spacial score (nSPS) is 11.4. The number of ether oxygens (including phenoxy) is 1. The van der Waals surface area contributed by atoms with Crippen LogP contribution in [0.3, 0.4) is 0 Å². The van der Waals surface area contributed by atoms with Crippen LogP contribution in [0.25, 0.3) is 0 Å². The van der Waals surface area contributed by atoms with E-state index in [-0.39, 0.29) is 0 Å². The molecule has 3 rings (SSSR count). The van der Waals surface area contributed by atoms with Gasteiger partial charge in [-0.3, -0.25) is 14.8 Å². The van der Waals surface area contributed by atoms with Gasteiger partial charge in [0.05, 0.1) is 0 Å². The van der Waals surface area contributed by atoms with Crippen LogP contribution in [-0.2, 0) is 9.59 Å². The molecule has 3 N–H and O–H groups in total. The molecule has 7 heteroatoms.